The first kappa shape index (κ1) is 15.5. The zero-order chi connectivity index (χ0) is 14.4. The van der Waals surface area contributed by atoms with Gasteiger partial charge in [0.05, 0.1) is 0 Å². The molecule has 2 unspecified atom stereocenters. The highest BCUT2D eigenvalue weighted by atomic mass is 15.2. The van der Waals surface area contributed by atoms with Gasteiger partial charge in [0.2, 0.25) is 0 Å². The Bertz CT molecular complexity index is 377. The first-order chi connectivity index (χ1) is 9.70. The third-order valence-electron chi connectivity index (χ3n) is 4.38. The molecule has 0 aliphatic carbocycles. The van der Waals surface area contributed by atoms with Gasteiger partial charge in [0, 0.05) is 44.1 Å². The van der Waals surface area contributed by atoms with Crippen molar-refractivity contribution in [3.63, 3.8) is 0 Å². The summed E-state index contributed by atoms with van der Waals surface area (Å²) < 4.78 is 0. The van der Waals surface area contributed by atoms with Gasteiger partial charge in [-0.05, 0) is 36.5 Å². The molecular formula is C17H29N3. The molecular weight excluding hydrogens is 246 g/mol. The molecule has 2 rings (SSSR count). The second kappa shape index (κ2) is 7.75. The third kappa shape index (κ3) is 4.29. The first-order valence-electron chi connectivity index (χ1n) is 8.07. The van der Waals surface area contributed by atoms with Crippen LogP contribution in [0.25, 0.3) is 0 Å². The molecule has 0 radical (unpaired) electrons. The molecule has 3 heteroatoms. The molecule has 0 amide bonds. The van der Waals surface area contributed by atoms with Crippen molar-refractivity contribution in [1.82, 2.24) is 15.2 Å². The van der Waals surface area contributed by atoms with Crippen molar-refractivity contribution >= 4 is 0 Å². The van der Waals surface area contributed by atoms with Crippen molar-refractivity contribution < 1.29 is 0 Å². The maximum atomic E-state index is 4.10. The highest BCUT2D eigenvalue weighted by Gasteiger charge is 2.28. The number of hydrogen-bond donors (Lipinski definition) is 1. The summed E-state index contributed by atoms with van der Waals surface area (Å²) in [7, 11) is 0. The zero-order valence-corrected chi connectivity index (χ0v) is 13.2. The summed E-state index contributed by atoms with van der Waals surface area (Å²) in [4.78, 5) is 6.79. The summed E-state index contributed by atoms with van der Waals surface area (Å²) in [6, 6.07) is 5.61. The van der Waals surface area contributed by atoms with Crippen molar-refractivity contribution in [2.75, 3.05) is 19.6 Å². The van der Waals surface area contributed by atoms with Gasteiger partial charge in [0.25, 0.3) is 0 Å². The Morgan fingerprint density at radius 2 is 2.10 bits per heavy atom. The highest BCUT2D eigenvalue weighted by Crippen LogP contribution is 2.17. The number of rotatable bonds is 6. The first-order valence-corrected chi connectivity index (χ1v) is 8.07. The van der Waals surface area contributed by atoms with Gasteiger partial charge in [-0.1, -0.05) is 27.2 Å². The van der Waals surface area contributed by atoms with Crippen molar-refractivity contribution in [3.05, 3.63) is 30.1 Å². The van der Waals surface area contributed by atoms with Crippen LogP contribution in [0.2, 0.25) is 0 Å². The van der Waals surface area contributed by atoms with Crippen LogP contribution in [-0.4, -0.2) is 41.6 Å². The Balaban J connectivity index is 1.93. The number of pyridine rings is 1. The molecule has 20 heavy (non-hydrogen) atoms. The fourth-order valence-corrected chi connectivity index (χ4v) is 3.18. The normalized spacial score (nSPS) is 24.2. The standard InChI is InChI=1S/C17H29N3/c1-4-5-16-13-20(17(12-19-16)14(2)3)11-8-15-6-9-18-10-7-15/h6-7,9-10,14,16-17,19H,4-5,8,11-13H2,1-3H3. The number of hydrogen-bond acceptors (Lipinski definition) is 3. The molecule has 0 saturated carbocycles. The van der Waals surface area contributed by atoms with E-state index in [0.717, 1.165) is 19.5 Å². The molecule has 1 aromatic heterocycles. The van der Waals surface area contributed by atoms with Gasteiger partial charge in [0.15, 0.2) is 0 Å². The molecule has 1 aliphatic heterocycles. The summed E-state index contributed by atoms with van der Waals surface area (Å²) >= 11 is 0. The molecule has 1 fully saturated rings. The summed E-state index contributed by atoms with van der Waals surface area (Å²) in [5.74, 6) is 0.711. The van der Waals surface area contributed by atoms with Gasteiger partial charge in [-0.15, -0.1) is 0 Å². The molecule has 1 N–H and O–H groups in total. The Hall–Kier alpha value is -0.930. The molecule has 3 nitrogen and oxygen atoms in total. The predicted molar refractivity (Wildman–Crippen MR) is 84.8 cm³/mol. The van der Waals surface area contributed by atoms with Crippen molar-refractivity contribution in [2.24, 2.45) is 5.92 Å². The average Bonchev–Trinajstić information content (AvgIpc) is 2.46. The lowest BCUT2D eigenvalue weighted by Crippen LogP contribution is -2.58. The number of aromatic nitrogens is 1. The minimum Gasteiger partial charge on any atom is -0.311 e. The van der Waals surface area contributed by atoms with Crippen LogP contribution in [0.5, 0.6) is 0 Å². The van der Waals surface area contributed by atoms with Crippen LogP contribution in [0.4, 0.5) is 0 Å². The minimum absolute atomic E-state index is 0.671. The van der Waals surface area contributed by atoms with Crippen LogP contribution < -0.4 is 5.32 Å². The Morgan fingerprint density at radius 1 is 1.35 bits per heavy atom. The maximum absolute atomic E-state index is 4.10. The SMILES string of the molecule is CCCC1CN(CCc2ccncc2)C(C(C)C)CN1. The Labute approximate surface area is 123 Å². The van der Waals surface area contributed by atoms with Crippen LogP contribution in [-0.2, 0) is 6.42 Å². The Kier molecular flexibility index (Phi) is 5.99. The minimum atomic E-state index is 0.671. The number of nitrogens with one attached hydrogen (secondary N) is 1. The monoisotopic (exact) mass is 275 g/mol. The van der Waals surface area contributed by atoms with Crippen molar-refractivity contribution in [3.8, 4) is 0 Å². The largest absolute Gasteiger partial charge is 0.311 e. The van der Waals surface area contributed by atoms with E-state index in [2.05, 4.69) is 48.1 Å². The van der Waals surface area contributed by atoms with Gasteiger partial charge < -0.3 is 5.32 Å². The second-order valence-corrected chi connectivity index (χ2v) is 6.31. The highest BCUT2D eigenvalue weighted by molar-refractivity contribution is 5.10. The van der Waals surface area contributed by atoms with Gasteiger partial charge in [-0.25, -0.2) is 0 Å². The summed E-state index contributed by atoms with van der Waals surface area (Å²) in [5.41, 5.74) is 1.40. The molecule has 1 saturated heterocycles. The average molecular weight is 275 g/mol. The maximum Gasteiger partial charge on any atom is 0.0270 e. The van der Waals surface area contributed by atoms with Crippen LogP contribution in [0.3, 0.4) is 0 Å². The van der Waals surface area contributed by atoms with E-state index in [1.54, 1.807) is 0 Å². The van der Waals surface area contributed by atoms with E-state index >= 15 is 0 Å². The van der Waals surface area contributed by atoms with Crippen molar-refractivity contribution in [1.29, 1.82) is 0 Å². The van der Waals surface area contributed by atoms with E-state index in [-0.39, 0.29) is 0 Å². The smallest absolute Gasteiger partial charge is 0.0270 e. The molecule has 0 aromatic carbocycles. The molecule has 2 atom stereocenters. The van der Waals surface area contributed by atoms with Gasteiger partial charge in [0.1, 0.15) is 0 Å². The van der Waals surface area contributed by atoms with Crippen molar-refractivity contribution in [2.45, 2.75) is 52.1 Å². The summed E-state index contributed by atoms with van der Waals surface area (Å²) in [6.07, 6.45) is 7.48. The number of piperazine rings is 1. The molecule has 0 spiro atoms. The zero-order valence-electron chi connectivity index (χ0n) is 13.2. The lowest BCUT2D eigenvalue weighted by molar-refractivity contribution is 0.0969. The lowest BCUT2D eigenvalue weighted by atomic mass is 9.96. The molecule has 112 valence electrons. The van der Waals surface area contributed by atoms with Crippen LogP contribution in [0, 0.1) is 5.92 Å². The van der Waals surface area contributed by atoms with E-state index in [1.165, 1.54) is 24.9 Å². The van der Waals surface area contributed by atoms with Crippen LogP contribution in [0.1, 0.15) is 39.2 Å². The number of nitrogens with zero attached hydrogens (tertiary/aromatic N) is 2. The summed E-state index contributed by atoms with van der Waals surface area (Å²) in [6.45, 7) is 10.4. The fourth-order valence-electron chi connectivity index (χ4n) is 3.18. The van der Waals surface area contributed by atoms with E-state index < -0.39 is 0 Å². The van der Waals surface area contributed by atoms with Gasteiger partial charge >= 0.3 is 0 Å². The van der Waals surface area contributed by atoms with Gasteiger partial charge in [-0.3, -0.25) is 9.88 Å². The van der Waals surface area contributed by atoms with Crippen LogP contribution >= 0.6 is 0 Å². The predicted octanol–water partition coefficient (Wildman–Crippen LogP) is 2.72. The lowest BCUT2D eigenvalue weighted by Gasteiger charge is -2.42. The summed E-state index contributed by atoms with van der Waals surface area (Å²) in [5, 5.41) is 3.73. The van der Waals surface area contributed by atoms with E-state index in [4.69, 9.17) is 0 Å². The molecule has 0 bridgehead atoms. The Morgan fingerprint density at radius 3 is 2.75 bits per heavy atom. The third-order valence-corrected chi connectivity index (χ3v) is 4.38. The molecule has 1 aliphatic rings. The second-order valence-electron chi connectivity index (χ2n) is 6.31. The van der Waals surface area contributed by atoms with E-state index in [1.807, 2.05) is 12.4 Å². The topological polar surface area (TPSA) is 28.2 Å². The van der Waals surface area contributed by atoms with E-state index in [9.17, 15) is 0 Å². The van der Waals surface area contributed by atoms with Gasteiger partial charge in [-0.2, -0.15) is 0 Å². The quantitative estimate of drug-likeness (QED) is 0.865. The molecule has 1 aromatic rings. The van der Waals surface area contributed by atoms with Crippen LogP contribution in [0.15, 0.2) is 24.5 Å². The van der Waals surface area contributed by atoms with E-state index in [0.29, 0.717) is 18.0 Å². The molecule has 2 heterocycles. The fraction of sp³-hybridized carbons (Fsp3) is 0.706.